The summed E-state index contributed by atoms with van der Waals surface area (Å²) in [6.07, 6.45) is 0. The molecule has 1 aromatic heterocycles. The van der Waals surface area contributed by atoms with Crippen LogP contribution in [0.15, 0.2) is 52.3 Å². The van der Waals surface area contributed by atoms with Gasteiger partial charge in [-0.25, -0.2) is 4.79 Å². The highest BCUT2D eigenvalue weighted by atomic mass is 79.9. The van der Waals surface area contributed by atoms with E-state index in [1.54, 1.807) is 29.5 Å². The number of carbonyl (C=O) groups is 1. The summed E-state index contributed by atoms with van der Waals surface area (Å²) < 4.78 is 7.63. The van der Waals surface area contributed by atoms with Crippen molar-refractivity contribution in [2.75, 3.05) is 0 Å². The minimum Gasteiger partial charge on any atom is -0.488 e. The minimum absolute atomic E-state index is 0.156. The van der Waals surface area contributed by atoms with Crippen LogP contribution in [0.3, 0.4) is 0 Å². The Morgan fingerprint density at radius 3 is 2.86 bits per heavy atom. The van der Waals surface area contributed by atoms with Crippen LogP contribution in [0.5, 0.6) is 5.75 Å². The SMILES string of the molecule is O=C(O)c1cc(Br)ccc1OCc1csc2ccccc12. The summed E-state index contributed by atoms with van der Waals surface area (Å²) >= 11 is 4.93. The van der Waals surface area contributed by atoms with Crippen LogP contribution in [0.1, 0.15) is 15.9 Å². The summed E-state index contributed by atoms with van der Waals surface area (Å²) in [6.45, 7) is 0.353. The molecule has 5 heteroatoms. The lowest BCUT2D eigenvalue weighted by molar-refractivity contribution is 0.0691. The average Bonchev–Trinajstić information content (AvgIpc) is 2.89. The minimum atomic E-state index is -0.999. The van der Waals surface area contributed by atoms with Gasteiger partial charge in [-0.05, 0) is 35.0 Å². The topological polar surface area (TPSA) is 46.5 Å². The van der Waals surface area contributed by atoms with E-state index < -0.39 is 5.97 Å². The van der Waals surface area contributed by atoms with Crippen LogP contribution in [-0.4, -0.2) is 11.1 Å². The molecule has 0 aliphatic carbocycles. The quantitative estimate of drug-likeness (QED) is 0.714. The molecule has 0 aliphatic rings. The van der Waals surface area contributed by atoms with Gasteiger partial charge in [0, 0.05) is 14.7 Å². The van der Waals surface area contributed by atoms with E-state index in [2.05, 4.69) is 22.0 Å². The monoisotopic (exact) mass is 362 g/mol. The molecular weight excluding hydrogens is 352 g/mol. The summed E-state index contributed by atoms with van der Waals surface area (Å²) in [7, 11) is 0. The Bertz CT molecular complexity index is 810. The van der Waals surface area contributed by atoms with Crippen LogP contribution in [0.2, 0.25) is 0 Å². The molecule has 0 saturated carbocycles. The predicted molar refractivity (Wildman–Crippen MR) is 87.3 cm³/mol. The van der Waals surface area contributed by atoms with Crippen LogP contribution in [-0.2, 0) is 6.61 Å². The zero-order valence-electron chi connectivity index (χ0n) is 10.9. The normalized spacial score (nSPS) is 10.7. The van der Waals surface area contributed by atoms with E-state index >= 15 is 0 Å². The van der Waals surface area contributed by atoms with Crippen LogP contribution >= 0.6 is 27.3 Å². The molecule has 0 radical (unpaired) electrons. The standard InChI is InChI=1S/C16H11BrO3S/c17-11-5-6-14(13(7-11)16(18)19)20-8-10-9-21-15-4-2-1-3-12(10)15/h1-7,9H,8H2,(H,18,19). The fraction of sp³-hybridized carbons (Fsp3) is 0.0625. The lowest BCUT2D eigenvalue weighted by Crippen LogP contribution is -2.03. The van der Waals surface area contributed by atoms with Gasteiger partial charge in [-0.3, -0.25) is 0 Å². The summed E-state index contributed by atoms with van der Waals surface area (Å²) in [4.78, 5) is 11.2. The summed E-state index contributed by atoms with van der Waals surface area (Å²) in [5.41, 5.74) is 1.22. The highest BCUT2D eigenvalue weighted by Crippen LogP contribution is 2.28. The number of hydrogen-bond acceptors (Lipinski definition) is 3. The molecule has 1 heterocycles. The number of rotatable bonds is 4. The number of hydrogen-bond donors (Lipinski definition) is 1. The summed E-state index contributed by atoms with van der Waals surface area (Å²) in [5, 5.41) is 12.4. The Kier molecular flexibility index (Phi) is 3.94. The molecule has 0 aliphatic heterocycles. The van der Waals surface area contributed by atoms with Crippen molar-refractivity contribution in [3.63, 3.8) is 0 Å². The number of benzene rings is 2. The average molecular weight is 363 g/mol. The van der Waals surface area contributed by atoms with Crippen molar-refractivity contribution in [1.29, 1.82) is 0 Å². The molecule has 21 heavy (non-hydrogen) atoms. The lowest BCUT2D eigenvalue weighted by Gasteiger charge is -2.09. The number of thiophene rings is 1. The third-order valence-corrected chi connectivity index (χ3v) is 4.62. The van der Waals surface area contributed by atoms with E-state index in [0.29, 0.717) is 16.8 Å². The number of carboxylic acid groups (broad SMARTS) is 1. The van der Waals surface area contributed by atoms with Crippen LogP contribution in [0.4, 0.5) is 0 Å². The molecule has 0 amide bonds. The van der Waals surface area contributed by atoms with Gasteiger partial charge in [-0.15, -0.1) is 11.3 Å². The Hall–Kier alpha value is -1.85. The third-order valence-electron chi connectivity index (χ3n) is 3.12. The number of fused-ring (bicyclic) bond motifs is 1. The first kappa shape index (κ1) is 14.1. The van der Waals surface area contributed by atoms with Gasteiger partial charge in [0.2, 0.25) is 0 Å². The molecule has 0 fully saturated rings. The fourth-order valence-corrected chi connectivity index (χ4v) is 3.40. The van der Waals surface area contributed by atoms with Gasteiger partial charge in [0.05, 0.1) is 0 Å². The second-order valence-corrected chi connectivity index (χ2v) is 6.32. The Morgan fingerprint density at radius 2 is 2.05 bits per heavy atom. The summed E-state index contributed by atoms with van der Waals surface area (Å²) in [5.74, 6) is -0.623. The van der Waals surface area contributed by atoms with Gasteiger partial charge < -0.3 is 9.84 Å². The fourth-order valence-electron chi connectivity index (χ4n) is 2.10. The first-order chi connectivity index (χ1) is 10.1. The van der Waals surface area contributed by atoms with Gasteiger partial charge in [-0.1, -0.05) is 34.1 Å². The van der Waals surface area contributed by atoms with E-state index in [-0.39, 0.29) is 5.56 Å². The van der Waals surface area contributed by atoms with E-state index in [4.69, 9.17) is 4.74 Å². The molecular formula is C16H11BrO3S. The zero-order chi connectivity index (χ0) is 14.8. The molecule has 3 rings (SSSR count). The maximum atomic E-state index is 11.2. The van der Waals surface area contributed by atoms with Crippen LogP contribution in [0.25, 0.3) is 10.1 Å². The van der Waals surface area contributed by atoms with Gasteiger partial charge in [0.15, 0.2) is 0 Å². The molecule has 0 saturated heterocycles. The molecule has 3 nitrogen and oxygen atoms in total. The maximum Gasteiger partial charge on any atom is 0.339 e. The van der Waals surface area contributed by atoms with E-state index in [0.717, 1.165) is 10.9 Å². The molecule has 0 atom stereocenters. The maximum absolute atomic E-state index is 11.2. The summed E-state index contributed by atoms with van der Waals surface area (Å²) in [6, 6.07) is 13.1. The van der Waals surface area contributed by atoms with Crippen molar-refractivity contribution < 1.29 is 14.6 Å². The largest absolute Gasteiger partial charge is 0.488 e. The van der Waals surface area contributed by atoms with Crippen molar-refractivity contribution in [3.8, 4) is 5.75 Å². The molecule has 1 N–H and O–H groups in total. The van der Waals surface area contributed by atoms with Crippen molar-refractivity contribution in [1.82, 2.24) is 0 Å². The van der Waals surface area contributed by atoms with Crippen molar-refractivity contribution in [2.45, 2.75) is 6.61 Å². The second-order valence-electron chi connectivity index (χ2n) is 4.49. The second kappa shape index (κ2) is 5.87. The van der Waals surface area contributed by atoms with Crippen molar-refractivity contribution in [2.24, 2.45) is 0 Å². The van der Waals surface area contributed by atoms with E-state index in [9.17, 15) is 9.90 Å². The van der Waals surface area contributed by atoms with Gasteiger partial charge in [-0.2, -0.15) is 0 Å². The molecule has 0 unspecified atom stereocenters. The first-order valence-electron chi connectivity index (χ1n) is 6.26. The molecule has 0 spiro atoms. The molecule has 0 bridgehead atoms. The van der Waals surface area contributed by atoms with E-state index in [1.165, 1.54) is 4.70 Å². The Morgan fingerprint density at radius 1 is 1.24 bits per heavy atom. The van der Waals surface area contributed by atoms with Gasteiger partial charge in [0.1, 0.15) is 17.9 Å². The highest BCUT2D eigenvalue weighted by molar-refractivity contribution is 9.10. The third kappa shape index (κ3) is 2.94. The smallest absolute Gasteiger partial charge is 0.339 e. The van der Waals surface area contributed by atoms with Crippen molar-refractivity contribution in [3.05, 3.63) is 63.4 Å². The molecule has 2 aromatic carbocycles. The predicted octanol–water partition coefficient (Wildman–Crippen LogP) is 4.94. The number of halogens is 1. The number of ether oxygens (including phenoxy) is 1. The Balaban J connectivity index is 1.87. The first-order valence-corrected chi connectivity index (χ1v) is 7.93. The van der Waals surface area contributed by atoms with E-state index in [1.807, 2.05) is 23.6 Å². The van der Waals surface area contributed by atoms with Crippen LogP contribution in [0, 0.1) is 0 Å². The molecule has 3 aromatic rings. The van der Waals surface area contributed by atoms with Gasteiger partial charge >= 0.3 is 5.97 Å². The number of aromatic carboxylic acids is 1. The van der Waals surface area contributed by atoms with Crippen LogP contribution < -0.4 is 4.74 Å². The van der Waals surface area contributed by atoms with Gasteiger partial charge in [0.25, 0.3) is 0 Å². The number of carboxylic acids is 1. The Labute approximate surface area is 133 Å². The zero-order valence-corrected chi connectivity index (χ0v) is 13.3. The van der Waals surface area contributed by atoms with Crippen molar-refractivity contribution >= 4 is 43.3 Å². The molecule has 106 valence electrons. The lowest BCUT2D eigenvalue weighted by atomic mass is 10.2. The highest BCUT2D eigenvalue weighted by Gasteiger charge is 2.13.